The normalized spacial score (nSPS) is 18.4. The standard InChI is InChI=1S/C14H15NO4/c1-2-3-8-15-10-7-5-4-6-9(10)12(16)11(13(15)17)14(18)19/h4-7,11H,2-3,8H2,1H3,(H,18,19). The van der Waals surface area contributed by atoms with Crippen LogP contribution in [-0.2, 0) is 9.59 Å². The summed E-state index contributed by atoms with van der Waals surface area (Å²) in [7, 11) is 0. The average molecular weight is 261 g/mol. The zero-order valence-electron chi connectivity index (χ0n) is 10.6. The molecule has 1 atom stereocenters. The number of anilines is 1. The van der Waals surface area contributed by atoms with Crippen molar-refractivity contribution in [1.29, 1.82) is 0 Å². The van der Waals surface area contributed by atoms with E-state index in [1.165, 1.54) is 4.90 Å². The monoisotopic (exact) mass is 261 g/mol. The molecule has 1 heterocycles. The number of rotatable bonds is 4. The fourth-order valence-corrected chi connectivity index (χ4v) is 2.22. The number of fused-ring (bicyclic) bond motifs is 1. The first-order chi connectivity index (χ1) is 9.07. The number of carboxylic acids is 1. The van der Waals surface area contributed by atoms with E-state index in [9.17, 15) is 14.4 Å². The summed E-state index contributed by atoms with van der Waals surface area (Å²) in [6.07, 6.45) is 1.65. The third-order valence-corrected chi connectivity index (χ3v) is 3.22. The second-order valence-corrected chi connectivity index (χ2v) is 4.50. The van der Waals surface area contributed by atoms with Crippen LogP contribution in [0.1, 0.15) is 30.1 Å². The minimum absolute atomic E-state index is 0.311. The number of ketones is 1. The van der Waals surface area contributed by atoms with Crippen molar-refractivity contribution in [1.82, 2.24) is 0 Å². The van der Waals surface area contributed by atoms with Crippen LogP contribution in [0.25, 0.3) is 0 Å². The first-order valence-corrected chi connectivity index (χ1v) is 6.25. The topological polar surface area (TPSA) is 74.7 Å². The summed E-state index contributed by atoms with van der Waals surface area (Å²) in [5, 5.41) is 9.08. The molecule has 1 aliphatic heterocycles. The molecule has 100 valence electrons. The van der Waals surface area contributed by atoms with E-state index < -0.39 is 23.6 Å². The Labute approximate surface area is 110 Å². The molecule has 1 aliphatic rings. The number of aliphatic carboxylic acids is 1. The highest BCUT2D eigenvalue weighted by molar-refractivity contribution is 6.30. The molecule has 0 radical (unpaired) electrons. The Morgan fingerprint density at radius 2 is 2.00 bits per heavy atom. The molecule has 19 heavy (non-hydrogen) atoms. The lowest BCUT2D eigenvalue weighted by Crippen LogP contribution is -2.48. The number of carbonyl (C=O) groups excluding carboxylic acids is 2. The number of amides is 1. The zero-order valence-corrected chi connectivity index (χ0v) is 10.6. The van der Waals surface area contributed by atoms with Gasteiger partial charge in [-0.1, -0.05) is 25.5 Å². The van der Waals surface area contributed by atoms with Crippen molar-refractivity contribution in [2.75, 3.05) is 11.4 Å². The van der Waals surface area contributed by atoms with E-state index >= 15 is 0 Å². The van der Waals surface area contributed by atoms with E-state index in [0.29, 0.717) is 17.8 Å². The maximum Gasteiger partial charge on any atom is 0.324 e. The number of Topliss-reactive ketones (excluding diaryl/α,β-unsaturated/α-hetero) is 1. The van der Waals surface area contributed by atoms with Crippen LogP contribution in [0.15, 0.2) is 24.3 Å². The van der Waals surface area contributed by atoms with Gasteiger partial charge in [0.05, 0.1) is 5.69 Å². The van der Waals surface area contributed by atoms with Crippen LogP contribution in [0.2, 0.25) is 0 Å². The number of hydrogen-bond acceptors (Lipinski definition) is 3. The molecule has 1 aromatic rings. The van der Waals surface area contributed by atoms with Crippen molar-refractivity contribution >= 4 is 23.3 Å². The second-order valence-electron chi connectivity index (χ2n) is 4.50. The molecule has 2 rings (SSSR count). The highest BCUT2D eigenvalue weighted by Gasteiger charge is 2.43. The van der Waals surface area contributed by atoms with Crippen LogP contribution in [0, 0.1) is 5.92 Å². The van der Waals surface area contributed by atoms with Crippen LogP contribution in [0.5, 0.6) is 0 Å². The quantitative estimate of drug-likeness (QED) is 0.837. The molecule has 1 N–H and O–H groups in total. The molecular formula is C14H15NO4. The second kappa shape index (κ2) is 5.22. The molecule has 1 amide bonds. The molecule has 1 aromatic carbocycles. The highest BCUT2D eigenvalue weighted by atomic mass is 16.4. The third-order valence-electron chi connectivity index (χ3n) is 3.22. The van der Waals surface area contributed by atoms with Gasteiger partial charge in [-0.3, -0.25) is 14.4 Å². The van der Waals surface area contributed by atoms with Gasteiger partial charge >= 0.3 is 5.97 Å². The zero-order chi connectivity index (χ0) is 14.0. The summed E-state index contributed by atoms with van der Waals surface area (Å²) >= 11 is 0. The molecule has 0 saturated carbocycles. The van der Waals surface area contributed by atoms with E-state index in [1.54, 1.807) is 24.3 Å². The molecular weight excluding hydrogens is 246 g/mol. The van der Waals surface area contributed by atoms with Crippen LogP contribution in [0.3, 0.4) is 0 Å². The van der Waals surface area contributed by atoms with Gasteiger partial charge in [0.15, 0.2) is 11.7 Å². The summed E-state index contributed by atoms with van der Waals surface area (Å²) in [5.41, 5.74) is 0.828. The van der Waals surface area contributed by atoms with Crippen LogP contribution < -0.4 is 4.90 Å². The van der Waals surface area contributed by atoms with Gasteiger partial charge in [-0.2, -0.15) is 0 Å². The van der Waals surface area contributed by atoms with Gasteiger partial charge in [-0.15, -0.1) is 0 Å². The summed E-state index contributed by atoms with van der Waals surface area (Å²) in [6.45, 7) is 2.42. The van der Waals surface area contributed by atoms with E-state index in [2.05, 4.69) is 0 Å². The molecule has 0 aliphatic carbocycles. The van der Waals surface area contributed by atoms with Gasteiger partial charge in [0, 0.05) is 12.1 Å². The Morgan fingerprint density at radius 1 is 1.32 bits per heavy atom. The third kappa shape index (κ3) is 2.23. The number of unbranched alkanes of at least 4 members (excludes halogenated alkanes) is 1. The molecule has 0 fully saturated rings. The summed E-state index contributed by atoms with van der Waals surface area (Å²) in [6, 6.07) is 6.65. The number of carboxylic acid groups (broad SMARTS) is 1. The Balaban J connectivity index is 2.48. The summed E-state index contributed by atoms with van der Waals surface area (Å²) < 4.78 is 0. The predicted molar refractivity (Wildman–Crippen MR) is 69.2 cm³/mol. The van der Waals surface area contributed by atoms with Crippen molar-refractivity contribution in [3.63, 3.8) is 0 Å². The number of nitrogens with zero attached hydrogens (tertiary/aromatic N) is 1. The Morgan fingerprint density at radius 3 is 2.63 bits per heavy atom. The van der Waals surface area contributed by atoms with Crippen LogP contribution in [-0.4, -0.2) is 29.3 Å². The van der Waals surface area contributed by atoms with Gasteiger partial charge in [-0.25, -0.2) is 0 Å². The molecule has 0 aromatic heterocycles. The van der Waals surface area contributed by atoms with Crippen molar-refractivity contribution < 1.29 is 19.5 Å². The van der Waals surface area contributed by atoms with Gasteiger partial charge in [0.1, 0.15) is 0 Å². The number of carbonyl (C=O) groups is 3. The summed E-state index contributed by atoms with van der Waals surface area (Å²) in [5.74, 6) is -4.25. The van der Waals surface area contributed by atoms with E-state index in [0.717, 1.165) is 12.8 Å². The van der Waals surface area contributed by atoms with Crippen molar-refractivity contribution in [2.24, 2.45) is 5.92 Å². The van der Waals surface area contributed by atoms with Crippen LogP contribution in [0.4, 0.5) is 5.69 Å². The van der Waals surface area contributed by atoms with Crippen molar-refractivity contribution in [2.45, 2.75) is 19.8 Å². The van der Waals surface area contributed by atoms with Crippen LogP contribution >= 0.6 is 0 Å². The fraction of sp³-hybridized carbons (Fsp3) is 0.357. The minimum Gasteiger partial charge on any atom is -0.480 e. The summed E-state index contributed by atoms with van der Waals surface area (Å²) in [4.78, 5) is 36.8. The average Bonchev–Trinajstić information content (AvgIpc) is 2.38. The fourth-order valence-electron chi connectivity index (χ4n) is 2.22. The SMILES string of the molecule is CCCCN1C(=O)C(C(=O)O)C(=O)c2ccccc21. The molecule has 1 unspecified atom stereocenters. The van der Waals surface area contributed by atoms with Gasteiger partial charge in [-0.05, 0) is 18.6 Å². The maximum atomic E-state index is 12.2. The van der Waals surface area contributed by atoms with E-state index in [1.807, 2.05) is 6.92 Å². The minimum atomic E-state index is -1.60. The number of para-hydroxylation sites is 1. The highest BCUT2D eigenvalue weighted by Crippen LogP contribution is 2.30. The predicted octanol–water partition coefficient (Wildman–Crippen LogP) is 1.72. The molecule has 0 bridgehead atoms. The lowest BCUT2D eigenvalue weighted by Gasteiger charge is -2.31. The lowest BCUT2D eigenvalue weighted by molar-refractivity contribution is -0.144. The number of hydrogen-bond donors (Lipinski definition) is 1. The molecule has 5 heteroatoms. The van der Waals surface area contributed by atoms with E-state index in [-0.39, 0.29) is 0 Å². The maximum absolute atomic E-state index is 12.2. The largest absolute Gasteiger partial charge is 0.480 e. The van der Waals surface area contributed by atoms with Gasteiger partial charge in [0.2, 0.25) is 5.91 Å². The molecule has 5 nitrogen and oxygen atoms in total. The Kier molecular flexibility index (Phi) is 3.64. The molecule has 0 spiro atoms. The number of benzene rings is 1. The van der Waals surface area contributed by atoms with Gasteiger partial charge < -0.3 is 10.0 Å². The Bertz CT molecular complexity index is 538. The van der Waals surface area contributed by atoms with Crippen molar-refractivity contribution in [3.05, 3.63) is 29.8 Å². The Hall–Kier alpha value is -2.17. The molecule has 0 saturated heterocycles. The smallest absolute Gasteiger partial charge is 0.324 e. The first kappa shape index (κ1) is 13.3. The lowest BCUT2D eigenvalue weighted by atomic mass is 9.90. The first-order valence-electron chi connectivity index (χ1n) is 6.25. The van der Waals surface area contributed by atoms with Crippen molar-refractivity contribution in [3.8, 4) is 0 Å². The van der Waals surface area contributed by atoms with Gasteiger partial charge in [0.25, 0.3) is 0 Å². The van der Waals surface area contributed by atoms with E-state index in [4.69, 9.17) is 5.11 Å².